The van der Waals surface area contributed by atoms with E-state index >= 15 is 0 Å². The molecular weight excluding hydrogens is 516 g/mol. The van der Waals surface area contributed by atoms with Crippen molar-refractivity contribution in [1.29, 1.82) is 0 Å². The normalized spacial score (nSPS) is 11.9. The Bertz CT molecular complexity index is 1160. The number of allylic oxidation sites excluding steroid dienone is 5. The third kappa shape index (κ3) is 16.3. The van der Waals surface area contributed by atoms with E-state index in [2.05, 4.69) is 153 Å². The summed E-state index contributed by atoms with van der Waals surface area (Å²) in [5.41, 5.74) is 9.40. The van der Waals surface area contributed by atoms with Gasteiger partial charge in [-0.2, -0.15) is 0 Å². The van der Waals surface area contributed by atoms with E-state index in [-0.39, 0.29) is 0 Å². The molecule has 0 amide bonds. The third-order valence-electron chi connectivity index (χ3n) is 7.42. The molecule has 3 rings (SSSR count). The molecule has 0 heteroatoms. The lowest BCUT2D eigenvalue weighted by Gasteiger charge is -2.24. The van der Waals surface area contributed by atoms with Crippen LogP contribution in [0.5, 0.6) is 0 Å². The van der Waals surface area contributed by atoms with Gasteiger partial charge in [-0.1, -0.05) is 171 Å². The zero-order valence-corrected chi connectivity index (χ0v) is 29.5. The number of hydrogen-bond donors (Lipinski definition) is 0. The average Bonchev–Trinajstić information content (AvgIpc) is 3.03. The number of aryl methyl sites for hydroxylation is 3. The molecule has 2 unspecified atom stereocenters. The predicted molar refractivity (Wildman–Crippen MR) is 198 cm³/mol. The lowest BCUT2D eigenvalue weighted by atomic mass is 9.81. The second-order valence-corrected chi connectivity index (χ2v) is 11.2. The van der Waals surface area contributed by atoms with Crippen molar-refractivity contribution in [2.75, 3.05) is 0 Å². The standard InChI is InChI=1S/C30H40.C8H10.C3H8.C2H6/c1-7-9-11-12-16-24(4)29(18-10-8-2)30-20-19-28(22-26(30)6)25(5)21-27-17-14-13-15-23(27)3;1-2-8-6-4-3-5-7-8;1-3-2;1-2/h8,10,12-17,19-20,22,24,29H,5,7,9,11,18,21H2,1-4,6H3;3-7H,2H2,1H3;3H2,1-2H3;1-2H3/b10-8+,16-12-;;;. The minimum absolute atomic E-state index is 0.512. The fourth-order valence-electron chi connectivity index (χ4n) is 4.84. The van der Waals surface area contributed by atoms with Gasteiger partial charge in [0, 0.05) is 0 Å². The first-order valence-corrected chi connectivity index (χ1v) is 17.0. The maximum atomic E-state index is 4.40. The highest BCUT2D eigenvalue weighted by atomic mass is 14.2. The van der Waals surface area contributed by atoms with Crippen LogP contribution in [0.2, 0.25) is 0 Å². The van der Waals surface area contributed by atoms with Crippen molar-refractivity contribution in [3.05, 3.63) is 137 Å². The summed E-state index contributed by atoms with van der Waals surface area (Å²) in [6.07, 6.45) is 17.4. The molecule has 0 saturated carbocycles. The van der Waals surface area contributed by atoms with Crippen LogP contribution in [0.15, 0.2) is 104 Å². The Morgan fingerprint density at radius 2 is 1.44 bits per heavy atom. The van der Waals surface area contributed by atoms with Crippen molar-refractivity contribution >= 4 is 5.57 Å². The van der Waals surface area contributed by atoms with Crippen LogP contribution in [-0.2, 0) is 12.8 Å². The van der Waals surface area contributed by atoms with Gasteiger partial charge < -0.3 is 0 Å². The Morgan fingerprint density at radius 3 is 1.98 bits per heavy atom. The summed E-state index contributed by atoms with van der Waals surface area (Å²) in [4.78, 5) is 0. The van der Waals surface area contributed by atoms with Crippen molar-refractivity contribution in [3.63, 3.8) is 0 Å². The Morgan fingerprint density at radius 1 is 0.814 bits per heavy atom. The SMILES string of the molecule is C=C(Cc1ccccc1C)c1ccc(C(C/C=C/C)C(C)/C=C\CCCC)c(C)c1.CC.CCC.CCc1ccccc1. The van der Waals surface area contributed by atoms with Crippen LogP contribution in [0.4, 0.5) is 0 Å². The molecule has 0 saturated heterocycles. The van der Waals surface area contributed by atoms with Gasteiger partial charge in [0.15, 0.2) is 0 Å². The minimum Gasteiger partial charge on any atom is -0.0949 e. The molecule has 236 valence electrons. The molecule has 0 spiro atoms. The summed E-state index contributed by atoms with van der Waals surface area (Å²) in [5, 5.41) is 0. The van der Waals surface area contributed by atoms with Crippen molar-refractivity contribution in [2.24, 2.45) is 5.92 Å². The van der Waals surface area contributed by atoms with Crippen LogP contribution in [0.1, 0.15) is 127 Å². The summed E-state index contributed by atoms with van der Waals surface area (Å²) < 4.78 is 0. The van der Waals surface area contributed by atoms with Gasteiger partial charge in [0.25, 0.3) is 0 Å². The number of hydrogen-bond acceptors (Lipinski definition) is 0. The quantitative estimate of drug-likeness (QED) is 0.148. The lowest BCUT2D eigenvalue weighted by Crippen LogP contribution is -2.09. The third-order valence-corrected chi connectivity index (χ3v) is 7.42. The molecule has 0 aliphatic heterocycles. The van der Waals surface area contributed by atoms with Crippen LogP contribution >= 0.6 is 0 Å². The van der Waals surface area contributed by atoms with Gasteiger partial charge in [-0.3, -0.25) is 0 Å². The molecule has 0 radical (unpaired) electrons. The van der Waals surface area contributed by atoms with E-state index < -0.39 is 0 Å². The number of unbranched alkanes of at least 4 members (excludes halogenated alkanes) is 2. The molecule has 0 aliphatic rings. The van der Waals surface area contributed by atoms with E-state index in [1.165, 1.54) is 64.6 Å². The van der Waals surface area contributed by atoms with Gasteiger partial charge in [-0.05, 0) is 97.2 Å². The molecular formula is C43H64. The van der Waals surface area contributed by atoms with Crippen molar-refractivity contribution in [2.45, 2.75) is 120 Å². The number of rotatable bonds is 12. The first kappa shape index (κ1) is 39.9. The minimum atomic E-state index is 0.512. The molecule has 0 aliphatic carbocycles. The van der Waals surface area contributed by atoms with E-state index in [4.69, 9.17) is 0 Å². The van der Waals surface area contributed by atoms with E-state index in [1.54, 1.807) is 0 Å². The molecule has 43 heavy (non-hydrogen) atoms. The fraction of sp³-hybridized carbons (Fsp3) is 0.442. The smallest absolute Gasteiger partial charge is 0.00231 e. The van der Waals surface area contributed by atoms with Gasteiger partial charge in [0.1, 0.15) is 0 Å². The van der Waals surface area contributed by atoms with Crippen LogP contribution in [0.25, 0.3) is 5.57 Å². The van der Waals surface area contributed by atoms with Gasteiger partial charge in [0.05, 0.1) is 0 Å². The van der Waals surface area contributed by atoms with E-state index in [0.717, 1.165) is 19.3 Å². The largest absolute Gasteiger partial charge is 0.0949 e. The molecule has 3 aromatic carbocycles. The Hall–Kier alpha value is -3.12. The van der Waals surface area contributed by atoms with Crippen LogP contribution in [0, 0.1) is 19.8 Å². The van der Waals surface area contributed by atoms with Gasteiger partial charge in [0.2, 0.25) is 0 Å². The van der Waals surface area contributed by atoms with Gasteiger partial charge in [-0.25, -0.2) is 0 Å². The maximum absolute atomic E-state index is 4.40. The summed E-state index contributed by atoms with van der Waals surface area (Å²) in [7, 11) is 0. The summed E-state index contributed by atoms with van der Waals surface area (Å²) in [6.45, 7) is 26.0. The first-order valence-electron chi connectivity index (χ1n) is 17.0. The summed E-state index contributed by atoms with van der Waals surface area (Å²) >= 11 is 0. The zero-order valence-electron chi connectivity index (χ0n) is 29.5. The Balaban J connectivity index is 0.00000113. The van der Waals surface area contributed by atoms with E-state index in [1.807, 2.05) is 19.9 Å². The molecule has 0 nitrogen and oxygen atoms in total. The topological polar surface area (TPSA) is 0 Å². The van der Waals surface area contributed by atoms with E-state index in [0.29, 0.717) is 11.8 Å². The monoisotopic (exact) mass is 581 g/mol. The van der Waals surface area contributed by atoms with Crippen molar-refractivity contribution in [1.82, 2.24) is 0 Å². The fourth-order valence-corrected chi connectivity index (χ4v) is 4.84. The summed E-state index contributed by atoms with van der Waals surface area (Å²) in [5.74, 6) is 1.04. The second-order valence-electron chi connectivity index (χ2n) is 11.2. The molecule has 0 heterocycles. The Kier molecular flexibility index (Phi) is 23.5. The summed E-state index contributed by atoms with van der Waals surface area (Å²) in [6, 6.07) is 26.0. The van der Waals surface area contributed by atoms with Crippen LogP contribution in [-0.4, -0.2) is 0 Å². The van der Waals surface area contributed by atoms with Crippen LogP contribution < -0.4 is 0 Å². The van der Waals surface area contributed by atoms with Gasteiger partial charge >= 0.3 is 0 Å². The Labute approximate surface area is 268 Å². The average molecular weight is 581 g/mol. The molecule has 0 aromatic heterocycles. The molecule has 3 aromatic rings. The molecule has 0 bridgehead atoms. The number of benzene rings is 3. The van der Waals surface area contributed by atoms with Crippen molar-refractivity contribution < 1.29 is 0 Å². The first-order chi connectivity index (χ1) is 20.8. The zero-order chi connectivity index (χ0) is 32.5. The highest BCUT2D eigenvalue weighted by Crippen LogP contribution is 2.34. The van der Waals surface area contributed by atoms with Crippen molar-refractivity contribution in [3.8, 4) is 0 Å². The highest BCUT2D eigenvalue weighted by Gasteiger charge is 2.18. The highest BCUT2D eigenvalue weighted by molar-refractivity contribution is 5.67. The maximum Gasteiger partial charge on any atom is -0.00231 e. The van der Waals surface area contributed by atoms with E-state index in [9.17, 15) is 0 Å². The lowest BCUT2D eigenvalue weighted by molar-refractivity contribution is 0.547. The van der Waals surface area contributed by atoms with Gasteiger partial charge in [-0.15, -0.1) is 0 Å². The predicted octanol–water partition coefficient (Wildman–Crippen LogP) is 13.7. The molecule has 2 atom stereocenters. The second kappa shape index (κ2) is 25.4. The van der Waals surface area contributed by atoms with Crippen LogP contribution in [0.3, 0.4) is 0 Å². The molecule has 0 N–H and O–H groups in total. The molecule has 0 fully saturated rings.